The van der Waals surface area contributed by atoms with E-state index in [0.29, 0.717) is 19.4 Å². The van der Waals surface area contributed by atoms with Crippen LogP contribution in [0.15, 0.2) is 16.6 Å². The van der Waals surface area contributed by atoms with Crippen molar-refractivity contribution in [3.8, 4) is 12.3 Å². The summed E-state index contributed by atoms with van der Waals surface area (Å²) in [6, 6.07) is 2.47. The fraction of sp³-hybridized carbons (Fsp3) is 0.250. The maximum absolute atomic E-state index is 13.3. The Balaban J connectivity index is 2.70. The molecular weight excluding hydrogens is 287 g/mol. The topological polar surface area (TPSA) is 55.1 Å². The number of terminal acetylenes is 1. The zero-order chi connectivity index (χ0) is 12.8. The molecule has 1 rings (SSSR count). The molecular formula is C12H12BrFN2O. The van der Waals surface area contributed by atoms with E-state index in [1.54, 1.807) is 0 Å². The molecule has 0 atom stereocenters. The van der Waals surface area contributed by atoms with E-state index in [0.717, 1.165) is 6.07 Å². The predicted molar refractivity (Wildman–Crippen MR) is 68.9 cm³/mol. The Morgan fingerprint density at radius 2 is 2.29 bits per heavy atom. The lowest BCUT2D eigenvalue weighted by atomic mass is 10.1. The van der Waals surface area contributed by atoms with Gasteiger partial charge in [0.2, 0.25) is 0 Å². The zero-order valence-electron chi connectivity index (χ0n) is 9.09. The van der Waals surface area contributed by atoms with Crippen molar-refractivity contribution in [3.63, 3.8) is 0 Å². The third-order valence-electron chi connectivity index (χ3n) is 2.12. The van der Waals surface area contributed by atoms with E-state index in [1.165, 1.54) is 6.07 Å². The van der Waals surface area contributed by atoms with Crippen molar-refractivity contribution >= 4 is 27.5 Å². The Morgan fingerprint density at radius 3 is 2.94 bits per heavy atom. The summed E-state index contributed by atoms with van der Waals surface area (Å²) in [5.41, 5.74) is 5.99. The van der Waals surface area contributed by atoms with Crippen LogP contribution in [-0.2, 0) is 0 Å². The largest absolute Gasteiger partial charge is 0.398 e. The van der Waals surface area contributed by atoms with E-state index in [2.05, 4.69) is 27.2 Å². The van der Waals surface area contributed by atoms with Gasteiger partial charge < -0.3 is 11.1 Å². The number of carbonyl (C=O) groups is 1. The molecule has 0 aliphatic heterocycles. The van der Waals surface area contributed by atoms with Crippen LogP contribution in [0.25, 0.3) is 0 Å². The molecule has 90 valence electrons. The lowest BCUT2D eigenvalue weighted by Crippen LogP contribution is -2.25. The number of halogens is 2. The number of anilines is 1. The molecule has 3 N–H and O–H groups in total. The minimum Gasteiger partial charge on any atom is -0.398 e. The van der Waals surface area contributed by atoms with Gasteiger partial charge in [-0.15, -0.1) is 12.3 Å². The summed E-state index contributed by atoms with van der Waals surface area (Å²) in [5, 5.41) is 2.62. The van der Waals surface area contributed by atoms with Crippen LogP contribution in [0.2, 0.25) is 0 Å². The van der Waals surface area contributed by atoms with Crippen molar-refractivity contribution in [1.29, 1.82) is 0 Å². The van der Waals surface area contributed by atoms with Crippen LogP contribution in [0.5, 0.6) is 0 Å². The quantitative estimate of drug-likeness (QED) is 0.509. The van der Waals surface area contributed by atoms with Crippen LogP contribution in [0.4, 0.5) is 10.1 Å². The highest BCUT2D eigenvalue weighted by Gasteiger charge is 2.12. The fourth-order valence-electron chi connectivity index (χ4n) is 1.25. The van der Waals surface area contributed by atoms with Crippen LogP contribution >= 0.6 is 15.9 Å². The van der Waals surface area contributed by atoms with Crippen molar-refractivity contribution in [1.82, 2.24) is 5.32 Å². The first-order valence-corrected chi connectivity index (χ1v) is 5.81. The van der Waals surface area contributed by atoms with Crippen molar-refractivity contribution in [2.75, 3.05) is 12.3 Å². The van der Waals surface area contributed by atoms with Gasteiger partial charge in [-0.3, -0.25) is 4.79 Å². The van der Waals surface area contributed by atoms with Crippen molar-refractivity contribution in [2.45, 2.75) is 12.8 Å². The number of nitrogen functional groups attached to an aromatic ring is 1. The van der Waals surface area contributed by atoms with Crippen LogP contribution in [0.1, 0.15) is 23.2 Å². The lowest BCUT2D eigenvalue weighted by Gasteiger charge is -2.07. The first kappa shape index (κ1) is 13.5. The normalized spacial score (nSPS) is 9.71. The molecule has 1 aromatic rings. The van der Waals surface area contributed by atoms with Gasteiger partial charge in [-0.1, -0.05) is 0 Å². The average molecular weight is 299 g/mol. The second kappa shape index (κ2) is 6.26. The third-order valence-corrected chi connectivity index (χ3v) is 2.73. The Labute approximate surface area is 108 Å². The van der Waals surface area contributed by atoms with Crippen molar-refractivity contribution < 1.29 is 9.18 Å². The van der Waals surface area contributed by atoms with Gasteiger partial charge >= 0.3 is 0 Å². The monoisotopic (exact) mass is 298 g/mol. The Morgan fingerprint density at radius 1 is 1.59 bits per heavy atom. The molecule has 5 heteroatoms. The SMILES string of the molecule is C#CCCCNC(=O)c1cc(F)c(Br)cc1N. The predicted octanol–water partition coefficient (Wildman–Crippen LogP) is 2.31. The number of amides is 1. The van der Waals surface area contributed by atoms with Crippen LogP contribution in [0, 0.1) is 18.2 Å². The Bertz CT molecular complexity index is 468. The van der Waals surface area contributed by atoms with E-state index in [4.69, 9.17) is 12.2 Å². The molecule has 3 nitrogen and oxygen atoms in total. The third kappa shape index (κ3) is 3.75. The number of nitrogens with two attached hydrogens (primary N) is 1. The number of nitrogens with one attached hydrogen (secondary N) is 1. The first-order valence-electron chi connectivity index (χ1n) is 5.02. The molecule has 17 heavy (non-hydrogen) atoms. The molecule has 1 aromatic carbocycles. The van der Waals surface area contributed by atoms with Crippen LogP contribution < -0.4 is 11.1 Å². The second-order valence-electron chi connectivity index (χ2n) is 3.42. The number of rotatable bonds is 4. The molecule has 1 amide bonds. The summed E-state index contributed by atoms with van der Waals surface area (Å²) in [4.78, 5) is 11.7. The van der Waals surface area contributed by atoms with Gasteiger partial charge in [-0.2, -0.15) is 0 Å². The van der Waals surface area contributed by atoms with Gasteiger partial charge in [-0.05, 0) is 34.5 Å². The van der Waals surface area contributed by atoms with Gasteiger partial charge in [0.1, 0.15) is 5.82 Å². The van der Waals surface area contributed by atoms with Gasteiger partial charge in [0.25, 0.3) is 5.91 Å². The minimum absolute atomic E-state index is 0.131. The summed E-state index contributed by atoms with van der Waals surface area (Å²) < 4.78 is 13.5. The molecule has 0 spiro atoms. The number of hydrogen-bond donors (Lipinski definition) is 2. The molecule has 0 aliphatic rings. The van der Waals surface area contributed by atoms with Gasteiger partial charge in [-0.25, -0.2) is 4.39 Å². The number of carbonyl (C=O) groups excluding carboxylic acids is 1. The standard InChI is InChI=1S/C12H12BrFN2O/c1-2-3-4-5-16-12(17)8-6-10(14)9(13)7-11(8)15/h1,6-7H,3-5,15H2,(H,16,17). The highest BCUT2D eigenvalue weighted by atomic mass is 79.9. The Hall–Kier alpha value is -1.54. The maximum Gasteiger partial charge on any atom is 0.253 e. The van der Waals surface area contributed by atoms with Crippen molar-refractivity contribution in [3.05, 3.63) is 28.0 Å². The molecule has 0 radical (unpaired) electrons. The summed E-state index contributed by atoms with van der Waals surface area (Å²) in [7, 11) is 0. The smallest absolute Gasteiger partial charge is 0.253 e. The molecule has 0 saturated carbocycles. The van der Waals surface area contributed by atoms with E-state index < -0.39 is 11.7 Å². The van der Waals surface area contributed by atoms with E-state index in [1.807, 2.05) is 0 Å². The van der Waals surface area contributed by atoms with E-state index in [9.17, 15) is 9.18 Å². The van der Waals surface area contributed by atoms with Crippen molar-refractivity contribution in [2.24, 2.45) is 0 Å². The molecule has 0 saturated heterocycles. The zero-order valence-corrected chi connectivity index (χ0v) is 10.7. The van der Waals surface area contributed by atoms with Gasteiger partial charge in [0, 0.05) is 18.7 Å². The van der Waals surface area contributed by atoms with Crippen LogP contribution in [-0.4, -0.2) is 12.5 Å². The molecule has 0 heterocycles. The number of benzene rings is 1. The average Bonchev–Trinajstić information content (AvgIpc) is 2.29. The highest BCUT2D eigenvalue weighted by Crippen LogP contribution is 2.22. The maximum atomic E-state index is 13.3. The number of unbranched alkanes of at least 4 members (excludes halogenated alkanes) is 1. The summed E-state index contributed by atoms with van der Waals surface area (Å²) in [6.07, 6.45) is 6.35. The molecule has 0 fully saturated rings. The van der Waals surface area contributed by atoms with Crippen LogP contribution in [0.3, 0.4) is 0 Å². The summed E-state index contributed by atoms with van der Waals surface area (Å²) in [6.45, 7) is 0.445. The van der Waals surface area contributed by atoms with E-state index in [-0.39, 0.29) is 15.7 Å². The molecule has 0 aliphatic carbocycles. The molecule has 0 unspecified atom stereocenters. The first-order chi connectivity index (χ1) is 8.06. The van der Waals surface area contributed by atoms with Gasteiger partial charge in [0.15, 0.2) is 0 Å². The molecule has 0 aromatic heterocycles. The Kier molecular flexibility index (Phi) is 4.98. The minimum atomic E-state index is -0.520. The van der Waals surface area contributed by atoms with Gasteiger partial charge in [0.05, 0.1) is 10.0 Å². The second-order valence-corrected chi connectivity index (χ2v) is 4.27. The number of hydrogen-bond acceptors (Lipinski definition) is 2. The highest BCUT2D eigenvalue weighted by molar-refractivity contribution is 9.10. The molecule has 0 bridgehead atoms. The fourth-order valence-corrected chi connectivity index (χ4v) is 1.61. The lowest BCUT2D eigenvalue weighted by molar-refractivity contribution is 0.0954. The summed E-state index contributed by atoms with van der Waals surface area (Å²) in [5.74, 6) is 1.55. The summed E-state index contributed by atoms with van der Waals surface area (Å²) >= 11 is 2.99. The van der Waals surface area contributed by atoms with E-state index >= 15 is 0 Å².